The molecule has 4 fully saturated rings. The summed E-state index contributed by atoms with van der Waals surface area (Å²) in [4.78, 5) is 59.0. The molecule has 1 aliphatic heterocycles. The Labute approximate surface area is 265 Å². The molecule has 44 heavy (non-hydrogen) atoms. The molecule has 0 spiro atoms. The summed E-state index contributed by atoms with van der Waals surface area (Å²) < 4.78 is 5.78. The number of aliphatic carboxylic acids is 1. The number of carbonyl (C=O) groups excluding carboxylic acids is 3. The van der Waals surface area contributed by atoms with Crippen LogP contribution < -0.4 is 10.6 Å². The van der Waals surface area contributed by atoms with Crippen molar-refractivity contribution in [3.8, 4) is 0 Å². The van der Waals surface area contributed by atoms with E-state index < -0.39 is 24.1 Å². The third-order valence-corrected chi connectivity index (χ3v) is 10.8. The summed E-state index contributed by atoms with van der Waals surface area (Å²) in [6.07, 6.45) is 5.49. The van der Waals surface area contributed by atoms with E-state index in [1.165, 1.54) is 18.3 Å². The molecule has 2 amide bonds. The number of nitrogens with one attached hydrogen (secondary N) is 2. The molecule has 0 radical (unpaired) electrons. The van der Waals surface area contributed by atoms with Crippen LogP contribution in [0.1, 0.15) is 103 Å². The summed E-state index contributed by atoms with van der Waals surface area (Å²) in [6.45, 7) is 10.8. The van der Waals surface area contributed by atoms with Crippen molar-refractivity contribution in [3.63, 3.8) is 0 Å². The summed E-state index contributed by atoms with van der Waals surface area (Å²) in [5.74, 6) is -1.46. The average molecular weight is 634 g/mol. The maximum absolute atomic E-state index is 13.9. The van der Waals surface area contributed by atoms with Crippen molar-refractivity contribution >= 4 is 35.1 Å². The largest absolute Gasteiger partial charge is 0.481 e. The molecule has 0 aromatic carbocycles. The Bertz CT molecular complexity index is 1200. The predicted molar refractivity (Wildman–Crippen MR) is 168 cm³/mol. The van der Waals surface area contributed by atoms with Crippen molar-refractivity contribution in [1.82, 2.24) is 25.4 Å². The maximum atomic E-state index is 13.9. The standard InChI is InChI=1S/C32H51N5O6S/c1-19(2)24(37(7)30(42)27(20(3)4)35-28(41)23-10-8-9-11-36(23)6)12-25(43-21(5)38)29-34-22(15-44-29)14-33-32-16-31(17-32,18-32)13-26(39)40/h15,19-20,23-25,27,33H,8-14,16-18H2,1-7H3,(H,35,41)(H,39,40)/t23?,24-,25-,27+,31?,32?/m1/s1. The molecule has 1 unspecified atom stereocenters. The molecule has 2 bridgehead atoms. The van der Waals surface area contributed by atoms with Gasteiger partial charge in [-0.1, -0.05) is 34.1 Å². The van der Waals surface area contributed by atoms with Crippen LogP contribution in [0.15, 0.2) is 5.38 Å². The number of hydrogen-bond donors (Lipinski definition) is 3. The topological polar surface area (TPSA) is 141 Å². The minimum atomic E-state index is -0.734. The number of esters is 1. The lowest BCUT2D eigenvalue weighted by atomic mass is 9.38. The normalized spacial score (nSPS) is 26.7. The summed E-state index contributed by atoms with van der Waals surface area (Å²) >= 11 is 1.43. The molecule has 4 aliphatic rings. The van der Waals surface area contributed by atoms with Gasteiger partial charge in [-0.05, 0) is 62.9 Å². The lowest BCUT2D eigenvalue weighted by Gasteiger charge is -2.70. The van der Waals surface area contributed by atoms with Crippen LogP contribution >= 0.6 is 11.3 Å². The lowest BCUT2D eigenvalue weighted by Crippen LogP contribution is -2.73. The summed E-state index contributed by atoms with van der Waals surface area (Å²) in [7, 11) is 3.73. The van der Waals surface area contributed by atoms with Crippen molar-refractivity contribution in [2.75, 3.05) is 20.6 Å². The fourth-order valence-corrected chi connectivity index (χ4v) is 8.43. The number of carbonyl (C=O) groups is 4. The molecular weight excluding hydrogens is 582 g/mol. The van der Waals surface area contributed by atoms with Crippen molar-refractivity contribution in [2.45, 2.75) is 122 Å². The van der Waals surface area contributed by atoms with Gasteiger partial charge in [0.1, 0.15) is 11.0 Å². The van der Waals surface area contributed by atoms with E-state index in [-0.39, 0.29) is 53.1 Å². The third kappa shape index (κ3) is 7.80. The van der Waals surface area contributed by atoms with Crippen LogP contribution in [0.5, 0.6) is 0 Å². The van der Waals surface area contributed by atoms with Gasteiger partial charge in [0.15, 0.2) is 6.10 Å². The van der Waals surface area contributed by atoms with Crippen LogP contribution in [0, 0.1) is 17.3 Å². The Morgan fingerprint density at radius 1 is 1.16 bits per heavy atom. The molecule has 3 saturated carbocycles. The first-order valence-electron chi connectivity index (χ1n) is 16.0. The zero-order chi connectivity index (χ0) is 32.4. The molecular formula is C32H51N5O6S. The number of hydrogen-bond acceptors (Lipinski definition) is 9. The van der Waals surface area contributed by atoms with Crippen molar-refractivity contribution < 1.29 is 29.0 Å². The first-order chi connectivity index (χ1) is 20.6. The zero-order valence-electron chi connectivity index (χ0n) is 27.4. The highest BCUT2D eigenvalue weighted by Gasteiger charge is 2.67. The van der Waals surface area contributed by atoms with Gasteiger partial charge in [0.25, 0.3) is 0 Å². The summed E-state index contributed by atoms with van der Waals surface area (Å²) in [5, 5.41) is 18.4. The fraction of sp³-hybridized carbons (Fsp3) is 0.781. The second-order valence-corrected chi connectivity index (χ2v) is 15.1. The van der Waals surface area contributed by atoms with Crippen LogP contribution in [-0.2, 0) is 30.5 Å². The molecule has 3 N–H and O–H groups in total. The minimum Gasteiger partial charge on any atom is -0.481 e. The van der Waals surface area contributed by atoms with Crippen LogP contribution in [0.25, 0.3) is 0 Å². The molecule has 11 nitrogen and oxygen atoms in total. The molecule has 5 rings (SSSR count). The summed E-state index contributed by atoms with van der Waals surface area (Å²) in [5.41, 5.74) is 0.820. The van der Waals surface area contributed by atoms with Gasteiger partial charge in [-0.3, -0.25) is 24.1 Å². The quantitative estimate of drug-likeness (QED) is 0.246. The van der Waals surface area contributed by atoms with Crippen LogP contribution in [0.3, 0.4) is 0 Å². The van der Waals surface area contributed by atoms with Gasteiger partial charge in [-0.25, -0.2) is 4.98 Å². The number of amides is 2. The molecule has 3 aliphatic carbocycles. The first-order valence-corrected chi connectivity index (χ1v) is 16.9. The minimum absolute atomic E-state index is 0.00903. The number of carboxylic acid groups (broad SMARTS) is 1. The van der Waals surface area contributed by atoms with E-state index in [0.29, 0.717) is 18.0 Å². The number of piperidine rings is 1. The second-order valence-electron chi connectivity index (χ2n) is 14.2. The third-order valence-electron chi connectivity index (χ3n) is 9.84. The van der Waals surface area contributed by atoms with Crippen LogP contribution in [-0.4, -0.2) is 87.9 Å². The predicted octanol–water partition coefficient (Wildman–Crippen LogP) is 3.73. The smallest absolute Gasteiger partial charge is 0.303 e. The van der Waals surface area contributed by atoms with Crippen LogP contribution in [0.2, 0.25) is 0 Å². The Morgan fingerprint density at radius 2 is 1.84 bits per heavy atom. The molecule has 1 aromatic rings. The van der Waals surface area contributed by atoms with E-state index in [2.05, 4.69) is 15.5 Å². The summed E-state index contributed by atoms with van der Waals surface area (Å²) in [6, 6.07) is -1.16. The Kier molecular flexibility index (Phi) is 10.8. The molecule has 12 heteroatoms. The van der Waals surface area contributed by atoms with E-state index in [0.717, 1.165) is 50.8 Å². The number of rotatable bonds is 15. The van der Waals surface area contributed by atoms with Gasteiger partial charge < -0.3 is 25.4 Å². The Hall–Kier alpha value is -2.57. The molecule has 1 aromatic heterocycles. The van der Waals surface area contributed by atoms with Gasteiger partial charge in [0, 0.05) is 43.9 Å². The molecule has 2 heterocycles. The molecule has 246 valence electrons. The highest BCUT2D eigenvalue weighted by molar-refractivity contribution is 7.09. The average Bonchev–Trinajstić information content (AvgIpc) is 3.37. The van der Waals surface area contributed by atoms with Crippen LogP contribution in [0.4, 0.5) is 0 Å². The first kappa shape index (κ1) is 34.3. The van der Waals surface area contributed by atoms with E-state index in [1.807, 2.05) is 40.1 Å². The maximum Gasteiger partial charge on any atom is 0.303 e. The lowest BCUT2D eigenvalue weighted by molar-refractivity contribution is -0.177. The number of likely N-dealkylation sites (N-methyl/N-ethyl adjacent to an activating group) is 2. The fourth-order valence-electron chi connectivity index (χ4n) is 7.57. The molecule has 1 saturated heterocycles. The van der Waals surface area contributed by atoms with Gasteiger partial charge in [0.2, 0.25) is 11.8 Å². The van der Waals surface area contributed by atoms with Gasteiger partial charge in [-0.15, -0.1) is 11.3 Å². The number of thiazole rings is 1. The monoisotopic (exact) mass is 633 g/mol. The highest BCUT2D eigenvalue weighted by Crippen LogP contribution is 2.69. The number of ether oxygens (including phenoxy) is 1. The van der Waals surface area contributed by atoms with E-state index in [1.54, 1.807) is 11.9 Å². The second kappa shape index (κ2) is 13.8. The Morgan fingerprint density at radius 3 is 2.41 bits per heavy atom. The number of nitrogens with zero attached hydrogens (tertiary/aromatic N) is 3. The van der Waals surface area contributed by atoms with E-state index in [4.69, 9.17) is 14.8 Å². The highest BCUT2D eigenvalue weighted by atomic mass is 32.1. The van der Waals surface area contributed by atoms with Gasteiger partial charge >= 0.3 is 11.9 Å². The van der Waals surface area contributed by atoms with E-state index >= 15 is 0 Å². The molecule has 4 atom stereocenters. The van der Waals surface area contributed by atoms with Gasteiger partial charge in [-0.2, -0.15) is 0 Å². The number of likely N-dealkylation sites (tertiary alicyclic amines) is 1. The van der Waals surface area contributed by atoms with Crippen molar-refractivity contribution in [1.29, 1.82) is 0 Å². The van der Waals surface area contributed by atoms with Crippen molar-refractivity contribution in [3.05, 3.63) is 16.1 Å². The van der Waals surface area contributed by atoms with E-state index in [9.17, 15) is 19.2 Å². The van der Waals surface area contributed by atoms with Gasteiger partial charge in [0.05, 0.1) is 18.2 Å². The number of aromatic nitrogens is 1. The zero-order valence-corrected chi connectivity index (χ0v) is 28.2. The Balaban J connectivity index is 1.41. The SMILES string of the molecule is CC(=O)O[C@H](C[C@H](C(C)C)N(C)C(=O)[C@@H](NC(=O)C1CCCCN1C)C(C)C)c1nc(CNC23CC(CC(=O)O)(C2)C3)cs1. The van der Waals surface area contributed by atoms with Crippen molar-refractivity contribution in [2.24, 2.45) is 17.3 Å². The number of carboxylic acids is 1.